The number of carbonyl (C=O) groups excluding carboxylic acids is 2. The Kier molecular flexibility index (Phi) is 7.54. The highest BCUT2D eigenvalue weighted by Crippen LogP contribution is 2.20. The van der Waals surface area contributed by atoms with E-state index in [4.69, 9.17) is 4.42 Å². The van der Waals surface area contributed by atoms with Crippen LogP contribution in [0.15, 0.2) is 96.0 Å². The number of rotatable bonds is 7. The third-order valence-electron chi connectivity index (χ3n) is 4.87. The lowest BCUT2D eigenvalue weighted by Gasteiger charge is -2.18. The smallest absolute Gasteiger partial charge is 0.260 e. The van der Waals surface area contributed by atoms with Crippen LogP contribution in [0.4, 0.5) is 5.82 Å². The van der Waals surface area contributed by atoms with E-state index in [0.717, 1.165) is 24.0 Å². The normalized spacial score (nSPS) is 14.6. The lowest BCUT2D eigenvalue weighted by Crippen LogP contribution is -2.30. The largest absolute Gasteiger partial charge is 0.472 e. The van der Waals surface area contributed by atoms with Crippen LogP contribution in [0.1, 0.15) is 28.8 Å². The van der Waals surface area contributed by atoms with Crippen molar-refractivity contribution >= 4 is 23.7 Å². The summed E-state index contributed by atoms with van der Waals surface area (Å²) in [6.07, 6.45) is 16.9. The molecular formula is C25H25N3O3. The van der Waals surface area contributed by atoms with Crippen LogP contribution in [0.25, 0.3) is 6.08 Å². The summed E-state index contributed by atoms with van der Waals surface area (Å²) in [5.74, 6) is 0.0858. The number of pyridine rings is 1. The Hall–Kier alpha value is -3.93. The molecule has 0 atom stereocenters. The molecule has 0 spiro atoms. The fraction of sp³-hybridized carbons (Fsp3) is 0.160. The maximum Gasteiger partial charge on any atom is 0.260 e. The summed E-state index contributed by atoms with van der Waals surface area (Å²) in [6.45, 7) is 8.91. The van der Waals surface area contributed by atoms with Gasteiger partial charge in [0.15, 0.2) is 0 Å². The zero-order valence-corrected chi connectivity index (χ0v) is 17.3. The average Bonchev–Trinajstić information content (AvgIpc) is 3.22. The number of furan rings is 1. The summed E-state index contributed by atoms with van der Waals surface area (Å²) in [5.41, 5.74) is 3.43. The molecule has 0 aliphatic carbocycles. The van der Waals surface area contributed by atoms with Crippen LogP contribution in [0, 0.1) is 0 Å². The van der Waals surface area contributed by atoms with Gasteiger partial charge in [0, 0.05) is 25.4 Å². The molecule has 6 heteroatoms. The summed E-state index contributed by atoms with van der Waals surface area (Å²) >= 11 is 0. The molecule has 0 saturated carbocycles. The first-order chi connectivity index (χ1) is 15.1. The zero-order chi connectivity index (χ0) is 22.1. The SMILES string of the molecule is C=C/C=C(\C=C)C1=CCCN(C(=O)/C=C/c2ccc(NC(=O)c3ccoc3)nc2)CC1. The second-order valence-electron chi connectivity index (χ2n) is 6.93. The molecule has 0 fully saturated rings. The van der Waals surface area contributed by atoms with Gasteiger partial charge in [-0.15, -0.1) is 0 Å². The topological polar surface area (TPSA) is 75.4 Å². The number of nitrogens with one attached hydrogen (secondary N) is 1. The van der Waals surface area contributed by atoms with Crippen molar-refractivity contribution in [1.29, 1.82) is 0 Å². The maximum atomic E-state index is 12.6. The van der Waals surface area contributed by atoms with E-state index in [2.05, 4.69) is 29.5 Å². The molecule has 0 saturated heterocycles. The molecule has 1 aliphatic rings. The molecular weight excluding hydrogens is 390 g/mol. The lowest BCUT2D eigenvalue weighted by molar-refractivity contribution is -0.125. The summed E-state index contributed by atoms with van der Waals surface area (Å²) < 4.78 is 4.90. The molecule has 31 heavy (non-hydrogen) atoms. The number of hydrogen-bond acceptors (Lipinski definition) is 4. The Bertz CT molecular complexity index is 1030. The van der Waals surface area contributed by atoms with Gasteiger partial charge in [-0.3, -0.25) is 9.59 Å². The summed E-state index contributed by atoms with van der Waals surface area (Å²) in [7, 11) is 0. The van der Waals surface area contributed by atoms with E-state index in [1.165, 1.54) is 18.1 Å². The van der Waals surface area contributed by atoms with Crippen molar-refractivity contribution < 1.29 is 14.0 Å². The average molecular weight is 415 g/mol. The van der Waals surface area contributed by atoms with Crippen LogP contribution >= 0.6 is 0 Å². The fourth-order valence-electron chi connectivity index (χ4n) is 3.21. The van der Waals surface area contributed by atoms with Crippen LogP contribution in [0.3, 0.4) is 0 Å². The van der Waals surface area contributed by atoms with Crippen LogP contribution in [0.5, 0.6) is 0 Å². The number of carbonyl (C=O) groups is 2. The van der Waals surface area contributed by atoms with Crippen molar-refractivity contribution in [2.75, 3.05) is 18.4 Å². The van der Waals surface area contributed by atoms with E-state index in [1.807, 2.05) is 17.1 Å². The molecule has 2 aromatic heterocycles. The predicted molar refractivity (Wildman–Crippen MR) is 122 cm³/mol. The highest BCUT2D eigenvalue weighted by atomic mass is 16.3. The molecule has 0 radical (unpaired) electrons. The second kappa shape index (κ2) is 10.7. The van der Waals surface area contributed by atoms with E-state index in [0.29, 0.717) is 24.5 Å². The van der Waals surface area contributed by atoms with Crippen LogP contribution in [-0.2, 0) is 4.79 Å². The van der Waals surface area contributed by atoms with Gasteiger partial charge in [0.2, 0.25) is 5.91 Å². The Morgan fingerprint density at radius 2 is 2.06 bits per heavy atom. The fourth-order valence-corrected chi connectivity index (χ4v) is 3.21. The Labute approximate surface area is 182 Å². The number of nitrogens with zero attached hydrogens (tertiary/aromatic N) is 2. The highest BCUT2D eigenvalue weighted by Gasteiger charge is 2.15. The Morgan fingerprint density at radius 3 is 2.74 bits per heavy atom. The molecule has 3 rings (SSSR count). The summed E-state index contributed by atoms with van der Waals surface area (Å²) in [6, 6.07) is 5.06. The van der Waals surface area contributed by atoms with Gasteiger partial charge in [-0.25, -0.2) is 4.98 Å². The molecule has 1 N–H and O–H groups in total. The first kappa shape index (κ1) is 21.8. The third kappa shape index (κ3) is 6.02. The second-order valence-corrected chi connectivity index (χ2v) is 6.93. The molecule has 1 aliphatic heterocycles. The predicted octanol–water partition coefficient (Wildman–Crippen LogP) is 4.79. The molecule has 0 bridgehead atoms. The highest BCUT2D eigenvalue weighted by molar-refractivity contribution is 6.03. The number of allylic oxidation sites excluding steroid dienone is 4. The van der Waals surface area contributed by atoms with Gasteiger partial charge in [0.05, 0.1) is 11.8 Å². The molecule has 3 heterocycles. The van der Waals surface area contributed by atoms with Crippen molar-refractivity contribution in [2.45, 2.75) is 12.8 Å². The molecule has 6 nitrogen and oxygen atoms in total. The van der Waals surface area contributed by atoms with Crippen molar-refractivity contribution in [1.82, 2.24) is 9.88 Å². The number of hydrogen-bond donors (Lipinski definition) is 1. The first-order valence-electron chi connectivity index (χ1n) is 10.0. The van der Waals surface area contributed by atoms with E-state index in [1.54, 1.807) is 42.6 Å². The molecule has 0 unspecified atom stereocenters. The van der Waals surface area contributed by atoms with Gasteiger partial charge in [-0.2, -0.15) is 0 Å². The van der Waals surface area contributed by atoms with E-state index in [9.17, 15) is 9.59 Å². The van der Waals surface area contributed by atoms with E-state index >= 15 is 0 Å². The van der Waals surface area contributed by atoms with Gasteiger partial charge in [0.25, 0.3) is 5.91 Å². The molecule has 0 aromatic carbocycles. The molecule has 2 aromatic rings. The maximum absolute atomic E-state index is 12.6. The van der Waals surface area contributed by atoms with Crippen molar-refractivity contribution in [3.05, 3.63) is 103 Å². The van der Waals surface area contributed by atoms with Crippen LogP contribution in [0.2, 0.25) is 0 Å². The number of aromatic nitrogens is 1. The minimum absolute atomic E-state index is 0.0418. The monoisotopic (exact) mass is 415 g/mol. The number of amides is 2. The van der Waals surface area contributed by atoms with Crippen molar-refractivity contribution in [3.63, 3.8) is 0 Å². The minimum Gasteiger partial charge on any atom is -0.472 e. The van der Waals surface area contributed by atoms with Gasteiger partial charge in [-0.1, -0.05) is 37.5 Å². The lowest BCUT2D eigenvalue weighted by atomic mass is 10.0. The molecule has 158 valence electrons. The zero-order valence-electron chi connectivity index (χ0n) is 17.3. The standard InChI is InChI=1S/C25H25N3O3/c1-3-6-20(4-2)21-7-5-14-28(15-12-21)24(29)11-9-19-8-10-23(26-17-19)27-25(30)22-13-16-31-18-22/h3-4,6-11,13,16-18H,1-2,5,12,14-15H2,(H,26,27,30)/b11-9+,20-6+. The summed E-state index contributed by atoms with van der Waals surface area (Å²) in [5, 5.41) is 2.69. The van der Waals surface area contributed by atoms with Crippen LogP contribution in [-0.4, -0.2) is 34.8 Å². The Balaban J connectivity index is 1.55. The third-order valence-corrected chi connectivity index (χ3v) is 4.87. The van der Waals surface area contributed by atoms with Gasteiger partial charge in [-0.05, 0) is 53.8 Å². The number of anilines is 1. The van der Waals surface area contributed by atoms with Gasteiger partial charge >= 0.3 is 0 Å². The van der Waals surface area contributed by atoms with Crippen LogP contribution < -0.4 is 5.32 Å². The quantitative estimate of drug-likeness (QED) is 0.521. The van der Waals surface area contributed by atoms with Gasteiger partial charge in [0.1, 0.15) is 12.1 Å². The van der Waals surface area contributed by atoms with Crippen molar-refractivity contribution in [3.8, 4) is 0 Å². The first-order valence-corrected chi connectivity index (χ1v) is 10.0. The minimum atomic E-state index is -0.295. The van der Waals surface area contributed by atoms with E-state index in [-0.39, 0.29) is 11.8 Å². The Morgan fingerprint density at radius 1 is 1.19 bits per heavy atom. The molecule has 2 amide bonds. The summed E-state index contributed by atoms with van der Waals surface area (Å²) in [4.78, 5) is 30.7. The van der Waals surface area contributed by atoms with Gasteiger partial charge < -0.3 is 14.6 Å². The van der Waals surface area contributed by atoms with E-state index < -0.39 is 0 Å². The van der Waals surface area contributed by atoms with Crippen molar-refractivity contribution in [2.24, 2.45) is 0 Å².